The summed E-state index contributed by atoms with van der Waals surface area (Å²) in [6, 6.07) is 5.75. The van der Waals surface area contributed by atoms with Gasteiger partial charge in [0.25, 0.3) is 0 Å². The fourth-order valence-corrected chi connectivity index (χ4v) is 2.58. The van der Waals surface area contributed by atoms with Gasteiger partial charge in [-0.2, -0.15) is 0 Å². The SMILES string of the molecule is Cl.Nc1c2c(nc3cccc(Cl)c13)CCC2. The minimum atomic E-state index is 0. The Morgan fingerprint density at radius 2 is 2.06 bits per heavy atom. The molecule has 3 rings (SSSR count). The highest BCUT2D eigenvalue weighted by Crippen LogP contribution is 2.35. The maximum absolute atomic E-state index is 6.15. The molecule has 2 nitrogen and oxygen atoms in total. The van der Waals surface area contributed by atoms with E-state index < -0.39 is 0 Å². The molecule has 0 saturated carbocycles. The van der Waals surface area contributed by atoms with Gasteiger partial charge in [0.1, 0.15) is 0 Å². The molecule has 0 unspecified atom stereocenters. The zero-order valence-electron chi connectivity index (χ0n) is 8.66. The largest absolute Gasteiger partial charge is 0.398 e. The van der Waals surface area contributed by atoms with Gasteiger partial charge in [0.2, 0.25) is 0 Å². The molecule has 0 fully saturated rings. The van der Waals surface area contributed by atoms with Gasteiger partial charge in [0.05, 0.1) is 10.5 Å². The van der Waals surface area contributed by atoms with Crippen molar-refractivity contribution in [3.05, 3.63) is 34.5 Å². The Morgan fingerprint density at radius 3 is 2.88 bits per heavy atom. The maximum atomic E-state index is 6.15. The lowest BCUT2D eigenvalue weighted by Gasteiger charge is -2.08. The van der Waals surface area contributed by atoms with E-state index in [1.807, 2.05) is 18.2 Å². The van der Waals surface area contributed by atoms with E-state index in [4.69, 9.17) is 17.3 Å². The maximum Gasteiger partial charge on any atom is 0.0741 e. The zero-order valence-corrected chi connectivity index (χ0v) is 10.2. The first kappa shape index (κ1) is 11.5. The Balaban J connectivity index is 0.000000963. The number of halogens is 2. The Labute approximate surface area is 105 Å². The van der Waals surface area contributed by atoms with Crippen LogP contribution in [0.2, 0.25) is 5.02 Å². The zero-order chi connectivity index (χ0) is 10.4. The molecular formula is C12H12Cl2N2. The molecule has 1 aromatic heterocycles. The fraction of sp³-hybridized carbons (Fsp3) is 0.250. The minimum absolute atomic E-state index is 0. The molecule has 4 heteroatoms. The van der Waals surface area contributed by atoms with Crippen LogP contribution >= 0.6 is 24.0 Å². The quantitative estimate of drug-likeness (QED) is 0.783. The van der Waals surface area contributed by atoms with Crippen LogP contribution in [0, 0.1) is 0 Å². The van der Waals surface area contributed by atoms with Gasteiger partial charge in [-0.3, -0.25) is 4.98 Å². The summed E-state index contributed by atoms with van der Waals surface area (Å²) in [5.41, 5.74) is 10.3. The van der Waals surface area contributed by atoms with Crippen LogP contribution in [-0.2, 0) is 12.8 Å². The standard InChI is InChI=1S/C12H11ClN2.ClH/c13-8-4-2-6-10-11(8)12(14)7-3-1-5-9(7)15-10;/h2,4,6H,1,3,5H2,(H2,14,15);1H. The van der Waals surface area contributed by atoms with Crippen LogP contribution in [0.1, 0.15) is 17.7 Å². The predicted molar refractivity (Wildman–Crippen MR) is 70.4 cm³/mol. The fourth-order valence-electron chi connectivity index (χ4n) is 2.31. The Morgan fingerprint density at radius 1 is 1.25 bits per heavy atom. The van der Waals surface area contributed by atoms with E-state index in [1.54, 1.807) is 0 Å². The van der Waals surface area contributed by atoms with Crippen molar-refractivity contribution < 1.29 is 0 Å². The second-order valence-electron chi connectivity index (χ2n) is 3.94. The summed E-state index contributed by atoms with van der Waals surface area (Å²) in [7, 11) is 0. The molecule has 84 valence electrons. The van der Waals surface area contributed by atoms with Crippen molar-refractivity contribution in [2.45, 2.75) is 19.3 Å². The summed E-state index contributed by atoms with van der Waals surface area (Å²) < 4.78 is 0. The molecular weight excluding hydrogens is 243 g/mol. The molecule has 0 spiro atoms. The van der Waals surface area contributed by atoms with Gasteiger partial charge in [-0.15, -0.1) is 12.4 Å². The topological polar surface area (TPSA) is 38.9 Å². The van der Waals surface area contributed by atoms with Crippen LogP contribution in [0.15, 0.2) is 18.2 Å². The van der Waals surface area contributed by atoms with Gasteiger partial charge in [0.15, 0.2) is 0 Å². The van der Waals surface area contributed by atoms with Crippen LogP contribution in [0.5, 0.6) is 0 Å². The molecule has 0 radical (unpaired) electrons. The normalized spacial score (nSPS) is 13.6. The average molecular weight is 255 g/mol. The molecule has 0 aliphatic heterocycles. The van der Waals surface area contributed by atoms with Crippen molar-refractivity contribution in [3.63, 3.8) is 0 Å². The lowest BCUT2D eigenvalue weighted by molar-refractivity contribution is 0.901. The van der Waals surface area contributed by atoms with E-state index in [0.717, 1.165) is 41.5 Å². The van der Waals surface area contributed by atoms with Crippen LogP contribution in [-0.4, -0.2) is 4.98 Å². The number of nitrogens with two attached hydrogens (primary N) is 1. The van der Waals surface area contributed by atoms with Crippen molar-refractivity contribution >= 4 is 40.6 Å². The Kier molecular flexibility index (Phi) is 2.96. The average Bonchev–Trinajstić information content (AvgIpc) is 2.66. The van der Waals surface area contributed by atoms with E-state index in [2.05, 4.69) is 4.98 Å². The number of anilines is 1. The molecule has 1 aliphatic carbocycles. The first-order chi connectivity index (χ1) is 7.27. The summed E-state index contributed by atoms with van der Waals surface area (Å²) >= 11 is 6.14. The van der Waals surface area contributed by atoms with Gasteiger partial charge in [-0.25, -0.2) is 0 Å². The highest BCUT2D eigenvalue weighted by atomic mass is 35.5. The van der Waals surface area contributed by atoms with Gasteiger partial charge in [-0.1, -0.05) is 17.7 Å². The summed E-state index contributed by atoms with van der Waals surface area (Å²) in [5.74, 6) is 0. The van der Waals surface area contributed by atoms with Gasteiger partial charge >= 0.3 is 0 Å². The number of hydrogen-bond acceptors (Lipinski definition) is 2. The van der Waals surface area contributed by atoms with Crippen LogP contribution in [0.4, 0.5) is 5.69 Å². The number of aryl methyl sites for hydroxylation is 1. The number of nitrogen functional groups attached to an aromatic ring is 1. The van der Waals surface area contributed by atoms with E-state index in [1.165, 1.54) is 5.56 Å². The van der Waals surface area contributed by atoms with Crippen molar-refractivity contribution in [1.82, 2.24) is 4.98 Å². The number of fused-ring (bicyclic) bond motifs is 2. The molecule has 0 saturated heterocycles. The van der Waals surface area contributed by atoms with Gasteiger partial charge < -0.3 is 5.73 Å². The third-order valence-electron chi connectivity index (χ3n) is 3.03. The van der Waals surface area contributed by atoms with Crippen molar-refractivity contribution in [2.24, 2.45) is 0 Å². The Bertz CT molecular complexity index is 552. The minimum Gasteiger partial charge on any atom is -0.398 e. The van der Waals surface area contributed by atoms with E-state index in [9.17, 15) is 0 Å². The first-order valence-corrected chi connectivity index (χ1v) is 5.50. The lowest BCUT2D eigenvalue weighted by Crippen LogP contribution is -1.98. The molecule has 2 N–H and O–H groups in total. The van der Waals surface area contributed by atoms with Crippen LogP contribution < -0.4 is 5.73 Å². The monoisotopic (exact) mass is 254 g/mol. The number of hydrogen-bond donors (Lipinski definition) is 1. The van der Waals surface area contributed by atoms with E-state index in [0.29, 0.717) is 5.02 Å². The van der Waals surface area contributed by atoms with E-state index in [-0.39, 0.29) is 12.4 Å². The first-order valence-electron chi connectivity index (χ1n) is 5.13. The summed E-state index contributed by atoms with van der Waals surface area (Å²) in [6.07, 6.45) is 3.23. The highest BCUT2D eigenvalue weighted by molar-refractivity contribution is 6.36. The molecule has 0 amide bonds. The molecule has 0 atom stereocenters. The summed E-state index contributed by atoms with van der Waals surface area (Å²) in [5, 5.41) is 1.62. The number of rotatable bonds is 0. The van der Waals surface area contributed by atoms with Crippen molar-refractivity contribution in [1.29, 1.82) is 0 Å². The van der Waals surface area contributed by atoms with Gasteiger partial charge in [0, 0.05) is 16.8 Å². The number of nitrogens with zero attached hydrogens (tertiary/aromatic N) is 1. The van der Waals surface area contributed by atoms with E-state index >= 15 is 0 Å². The molecule has 0 bridgehead atoms. The molecule has 16 heavy (non-hydrogen) atoms. The smallest absolute Gasteiger partial charge is 0.0741 e. The van der Waals surface area contributed by atoms with Crippen LogP contribution in [0.3, 0.4) is 0 Å². The molecule has 1 heterocycles. The van der Waals surface area contributed by atoms with Gasteiger partial charge in [-0.05, 0) is 37.0 Å². The number of benzene rings is 1. The highest BCUT2D eigenvalue weighted by Gasteiger charge is 2.18. The second-order valence-corrected chi connectivity index (χ2v) is 4.35. The predicted octanol–water partition coefficient (Wildman–Crippen LogP) is 3.38. The third kappa shape index (κ3) is 1.53. The number of aromatic nitrogens is 1. The molecule has 2 aromatic rings. The third-order valence-corrected chi connectivity index (χ3v) is 3.35. The molecule has 1 aromatic carbocycles. The number of pyridine rings is 1. The van der Waals surface area contributed by atoms with Crippen LogP contribution in [0.25, 0.3) is 10.9 Å². The summed E-state index contributed by atoms with van der Waals surface area (Å²) in [6.45, 7) is 0. The van der Waals surface area contributed by atoms with Crippen molar-refractivity contribution in [2.75, 3.05) is 5.73 Å². The molecule has 1 aliphatic rings. The Hall–Kier alpha value is -0.990. The summed E-state index contributed by atoms with van der Waals surface area (Å²) in [4.78, 5) is 4.61. The lowest BCUT2D eigenvalue weighted by atomic mass is 10.1. The second kappa shape index (κ2) is 4.11. The van der Waals surface area contributed by atoms with Crippen molar-refractivity contribution in [3.8, 4) is 0 Å².